The van der Waals surface area contributed by atoms with Gasteiger partial charge in [-0.2, -0.15) is 0 Å². The van der Waals surface area contributed by atoms with Crippen LogP contribution in [0.3, 0.4) is 0 Å². The van der Waals surface area contributed by atoms with Crippen LogP contribution in [-0.4, -0.2) is 32.2 Å². The Bertz CT molecular complexity index is 413. The molecule has 0 aliphatic heterocycles. The van der Waals surface area contributed by atoms with Gasteiger partial charge in [-0.1, -0.05) is 43.9 Å². The third kappa shape index (κ3) is 5.66. The molecule has 0 bridgehead atoms. The highest BCUT2D eigenvalue weighted by Gasteiger charge is 2.14. The molecule has 0 spiro atoms. The number of amides is 2. The van der Waals surface area contributed by atoms with Gasteiger partial charge in [0.05, 0.1) is 0 Å². The van der Waals surface area contributed by atoms with Gasteiger partial charge >= 0.3 is 6.03 Å². The van der Waals surface area contributed by atoms with Crippen molar-refractivity contribution in [3.8, 4) is 0 Å². The minimum atomic E-state index is -0.0247. The maximum absolute atomic E-state index is 11.9. The first kappa shape index (κ1) is 15.7. The number of hydrogen-bond donors (Lipinski definition) is 2. The zero-order valence-electron chi connectivity index (χ0n) is 13.0. The zero-order valence-corrected chi connectivity index (χ0v) is 13.0. The summed E-state index contributed by atoms with van der Waals surface area (Å²) in [4.78, 5) is 14.0. The molecule has 4 nitrogen and oxygen atoms in total. The van der Waals surface area contributed by atoms with Crippen molar-refractivity contribution in [2.75, 3.05) is 25.0 Å². The summed E-state index contributed by atoms with van der Waals surface area (Å²) in [7, 11) is 2.04. The quantitative estimate of drug-likeness (QED) is 0.818. The predicted octanol–water partition coefficient (Wildman–Crippen LogP) is 3.14. The number of nitrogens with zero attached hydrogens (tertiary/aromatic N) is 1. The fourth-order valence-electron chi connectivity index (χ4n) is 2.81. The molecule has 116 valence electrons. The molecule has 1 fully saturated rings. The van der Waals surface area contributed by atoms with Crippen molar-refractivity contribution in [3.63, 3.8) is 0 Å². The Hall–Kier alpha value is -1.71. The summed E-state index contributed by atoms with van der Waals surface area (Å²) in [5.74, 6) is 0. The van der Waals surface area contributed by atoms with Gasteiger partial charge in [0.25, 0.3) is 0 Å². The summed E-state index contributed by atoms with van der Waals surface area (Å²) in [6, 6.07) is 10.5. The van der Waals surface area contributed by atoms with Crippen LogP contribution in [0.25, 0.3) is 0 Å². The van der Waals surface area contributed by atoms with Crippen molar-refractivity contribution >= 4 is 11.7 Å². The third-order valence-electron chi connectivity index (χ3n) is 4.12. The lowest BCUT2D eigenvalue weighted by molar-refractivity contribution is 0.236. The maximum Gasteiger partial charge on any atom is 0.315 e. The Morgan fingerprint density at radius 2 is 1.81 bits per heavy atom. The largest absolute Gasteiger partial charge is 0.373 e. The Balaban J connectivity index is 1.64. The molecular weight excluding hydrogens is 262 g/mol. The lowest BCUT2D eigenvalue weighted by atomic mass is 10.1. The molecule has 1 aromatic rings. The van der Waals surface area contributed by atoms with Gasteiger partial charge in [-0.3, -0.25) is 0 Å². The van der Waals surface area contributed by atoms with E-state index in [-0.39, 0.29) is 6.03 Å². The molecule has 2 N–H and O–H groups in total. The number of benzene rings is 1. The monoisotopic (exact) mass is 289 g/mol. The minimum absolute atomic E-state index is 0.0247. The molecule has 1 aromatic carbocycles. The predicted molar refractivity (Wildman–Crippen MR) is 87.7 cm³/mol. The van der Waals surface area contributed by atoms with Gasteiger partial charge in [0, 0.05) is 31.9 Å². The molecule has 2 amide bonds. The van der Waals surface area contributed by atoms with Gasteiger partial charge in [-0.25, -0.2) is 4.79 Å². The number of hydrogen-bond acceptors (Lipinski definition) is 2. The first-order valence-electron chi connectivity index (χ1n) is 8.06. The summed E-state index contributed by atoms with van der Waals surface area (Å²) in [5, 5.41) is 6.06. The van der Waals surface area contributed by atoms with E-state index in [9.17, 15) is 4.79 Å². The van der Waals surface area contributed by atoms with Crippen molar-refractivity contribution in [3.05, 3.63) is 30.3 Å². The number of carbonyl (C=O) groups excluding carboxylic acids is 1. The molecule has 1 aliphatic carbocycles. The van der Waals surface area contributed by atoms with Crippen molar-refractivity contribution < 1.29 is 4.79 Å². The lowest BCUT2D eigenvalue weighted by Crippen LogP contribution is -2.44. The van der Waals surface area contributed by atoms with Gasteiger partial charge in [0.1, 0.15) is 0 Å². The Labute approximate surface area is 127 Å². The second-order valence-electron chi connectivity index (χ2n) is 5.85. The molecule has 0 heterocycles. The first-order chi connectivity index (χ1) is 10.3. The maximum atomic E-state index is 11.9. The van der Waals surface area contributed by atoms with Gasteiger partial charge in [-0.05, 0) is 25.0 Å². The van der Waals surface area contributed by atoms with E-state index in [0.29, 0.717) is 12.6 Å². The molecule has 0 atom stereocenters. The number of carbonyl (C=O) groups is 1. The summed E-state index contributed by atoms with van der Waals surface area (Å²) >= 11 is 0. The number of para-hydroxylation sites is 1. The number of rotatable bonds is 5. The summed E-state index contributed by atoms with van der Waals surface area (Å²) in [5.41, 5.74) is 1.17. The van der Waals surface area contributed by atoms with Gasteiger partial charge in [-0.15, -0.1) is 0 Å². The second kappa shape index (κ2) is 8.55. The molecule has 1 aliphatic rings. The highest BCUT2D eigenvalue weighted by atomic mass is 16.2. The Morgan fingerprint density at radius 3 is 2.48 bits per heavy atom. The van der Waals surface area contributed by atoms with Crippen LogP contribution in [-0.2, 0) is 0 Å². The minimum Gasteiger partial charge on any atom is -0.373 e. The molecule has 2 rings (SSSR count). The van der Waals surface area contributed by atoms with Crippen molar-refractivity contribution in [1.82, 2.24) is 10.6 Å². The molecule has 0 radical (unpaired) electrons. The normalized spacial score (nSPS) is 16.0. The topological polar surface area (TPSA) is 44.4 Å². The molecular formula is C17H27N3O. The smallest absolute Gasteiger partial charge is 0.315 e. The van der Waals surface area contributed by atoms with Crippen LogP contribution >= 0.6 is 0 Å². The van der Waals surface area contributed by atoms with E-state index in [1.807, 2.05) is 25.2 Å². The van der Waals surface area contributed by atoms with Crippen LogP contribution in [0.4, 0.5) is 10.5 Å². The van der Waals surface area contributed by atoms with E-state index in [4.69, 9.17) is 0 Å². The summed E-state index contributed by atoms with van der Waals surface area (Å²) < 4.78 is 0. The standard InChI is InChI=1S/C17H27N3O/c1-20(16-11-7-4-8-12-16)14-13-18-17(21)19-15-9-5-2-3-6-10-15/h4,7-8,11-12,15H,2-3,5-6,9-10,13-14H2,1H3,(H2,18,19,21). The molecule has 0 saturated heterocycles. The second-order valence-corrected chi connectivity index (χ2v) is 5.85. The highest BCUT2D eigenvalue weighted by Crippen LogP contribution is 2.17. The number of anilines is 1. The van der Waals surface area contributed by atoms with Crippen LogP contribution in [0.15, 0.2) is 30.3 Å². The molecule has 21 heavy (non-hydrogen) atoms. The molecule has 1 saturated carbocycles. The Morgan fingerprint density at radius 1 is 1.14 bits per heavy atom. The van der Waals surface area contributed by atoms with Gasteiger partial charge < -0.3 is 15.5 Å². The van der Waals surface area contributed by atoms with Crippen LogP contribution in [0.5, 0.6) is 0 Å². The van der Waals surface area contributed by atoms with Crippen LogP contribution < -0.4 is 15.5 Å². The fourth-order valence-corrected chi connectivity index (χ4v) is 2.81. The van der Waals surface area contributed by atoms with Gasteiger partial charge in [0.15, 0.2) is 0 Å². The summed E-state index contributed by atoms with van der Waals surface area (Å²) in [6.45, 7) is 1.46. The van der Waals surface area contributed by atoms with Crippen molar-refractivity contribution in [2.24, 2.45) is 0 Å². The van der Waals surface area contributed by atoms with Crippen molar-refractivity contribution in [1.29, 1.82) is 0 Å². The van der Waals surface area contributed by atoms with E-state index in [1.54, 1.807) is 0 Å². The van der Waals surface area contributed by atoms with E-state index < -0.39 is 0 Å². The van der Waals surface area contributed by atoms with Crippen molar-refractivity contribution in [2.45, 2.75) is 44.6 Å². The first-order valence-corrected chi connectivity index (χ1v) is 8.06. The number of urea groups is 1. The number of likely N-dealkylation sites (N-methyl/N-ethyl adjacent to an activating group) is 1. The number of nitrogens with one attached hydrogen (secondary N) is 2. The van der Waals surface area contributed by atoms with E-state index >= 15 is 0 Å². The average molecular weight is 289 g/mol. The highest BCUT2D eigenvalue weighted by molar-refractivity contribution is 5.74. The average Bonchev–Trinajstić information content (AvgIpc) is 2.76. The van der Waals surface area contributed by atoms with E-state index in [1.165, 1.54) is 31.4 Å². The van der Waals surface area contributed by atoms with Gasteiger partial charge in [0.2, 0.25) is 0 Å². The van der Waals surface area contributed by atoms with Crippen LogP contribution in [0, 0.1) is 0 Å². The van der Waals surface area contributed by atoms with Crippen LogP contribution in [0.2, 0.25) is 0 Å². The van der Waals surface area contributed by atoms with E-state index in [2.05, 4.69) is 27.7 Å². The van der Waals surface area contributed by atoms with Crippen LogP contribution in [0.1, 0.15) is 38.5 Å². The SMILES string of the molecule is CN(CCNC(=O)NC1CCCCCC1)c1ccccc1. The fraction of sp³-hybridized carbons (Fsp3) is 0.588. The van der Waals surface area contributed by atoms with E-state index in [0.717, 1.165) is 19.4 Å². The molecule has 0 unspecified atom stereocenters. The summed E-state index contributed by atoms with van der Waals surface area (Å²) in [6.07, 6.45) is 7.33. The lowest BCUT2D eigenvalue weighted by Gasteiger charge is -2.20. The zero-order chi connectivity index (χ0) is 14.9. The molecule has 0 aromatic heterocycles. The Kier molecular flexibility index (Phi) is 6.38. The molecule has 4 heteroatoms. The third-order valence-corrected chi connectivity index (χ3v) is 4.12.